The molecule has 2 rings (SSSR count). The number of hydrogen-bond donors (Lipinski definition) is 1. The van der Waals surface area contributed by atoms with Gasteiger partial charge in [-0.1, -0.05) is 0 Å². The third kappa shape index (κ3) is 2.50. The quantitative estimate of drug-likeness (QED) is 0.770. The molecule has 6 nitrogen and oxygen atoms in total. The van der Waals surface area contributed by atoms with Crippen LogP contribution in [0.2, 0.25) is 5.28 Å². The topological polar surface area (TPSA) is 80.8 Å². The average Bonchev–Trinajstić information content (AvgIpc) is 2.17. The lowest BCUT2D eigenvalue weighted by molar-refractivity contribution is 0.440. The third-order valence-electron chi connectivity index (χ3n) is 1.46. The van der Waals surface area contributed by atoms with E-state index < -0.39 is 5.69 Å². The smallest absolute Gasteiger partial charge is 0.347 e. The van der Waals surface area contributed by atoms with Gasteiger partial charge < -0.3 is 4.74 Å². The summed E-state index contributed by atoms with van der Waals surface area (Å²) in [6.45, 7) is 0. The van der Waals surface area contributed by atoms with Gasteiger partial charge in [-0.25, -0.2) is 14.8 Å². The van der Waals surface area contributed by atoms with Gasteiger partial charge in [-0.3, -0.25) is 4.98 Å². The Labute approximate surface area is 88.9 Å². The van der Waals surface area contributed by atoms with Crippen molar-refractivity contribution in [2.75, 3.05) is 0 Å². The van der Waals surface area contributed by atoms with Crippen molar-refractivity contribution in [2.45, 2.75) is 0 Å². The largest absolute Gasteiger partial charge is 0.422 e. The van der Waals surface area contributed by atoms with Crippen LogP contribution in [0.4, 0.5) is 0 Å². The minimum absolute atomic E-state index is 0.0731. The number of ether oxygens (including phenoxy) is 1. The first-order valence-electron chi connectivity index (χ1n) is 3.96. The van der Waals surface area contributed by atoms with E-state index in [1.807, 2.05) is 0 Å². The molecule has 15 heavy (non-hydrogen) atoms. The molecule has 0 saturated carbocycles. The number of aromatic amines is 1. The van der Waals surface area contributed by atoms with Crippen LogP contribution in [0.15, 0.2) is 29.3 Å². The molecule has 0 amide bonds. The Kier molecular flexibility index (Phi) is 2.59. The highest BCUT2D eigenvalue weighted by Crippen LogP contribution is 2.15. The number of rotatable bonds is 2. The summed E-state index contributed by atoms with van der Waals surface area (Å²) in [4.78, 5) is 24.2. The summed E-state index contributed by atoms with van der Waals surface area (Å²) in [7, 11) is 0. The SMILES string of the molecule is O=c1nccc(Oc2ccnc(Cl)n2)[nH]1. The van der Waals surface area contributed by atoms with Crippen LogP contribution in [0.5, 0.6) is 11.8 Å². The average molecular weight is 225 g/mol. The summed E-state index contributed by atoms with van der Waals surface area (Å²) >= 11 is 5.56. The molecule has 2 aromatic heterocycles. The molecule has 0 unspecified atom stereocenters. The van der Waals surface area contributed by atoms with E-state index >= 15 is 0 Å². The van der Waals surface area contributed by atoms with Gasteiger partial charge in [0, 0.05) is 24.5 Å². The van der Waals surface area contributed by atoms with Crippen molar-refractivity contribution in [2.24, 2.45) is 0 Å². The van der Waals surface area contributed by atoms with Gasteiger partial charge in [-0.2, -0.15) is 4.98 Å². The molecular formula is C8H5ClN4O2. The first-order valence-corrected chi connectivity index (χ1v) is 4.33. The second-order valence-corrected chi connectivity index (χ2v) is 2.84. The minimum atomic E-state index is -0.493. The van der Waals surface area contributed by atoms with Crippen LogP contribution in [-0.4, -0.2) is 19.9 Å². The summed E-state index contributed by atoms with van der Waals surface area (Å²) in [6.07, 6.45) is 2.78. The van der Waals surface area contributed by atoms with Crippen LogP contribution in [0.3, 0.4) is 0 Å². The van der Waals surface area contributed by atoms with Gasteiger partial charge in [0.05, 0.1) is 0 Å². The fourth-order valence-corrected chi connectivity index (χ4v) is 1.04. The van der Waals surface area contributed by atoms with Gasteiger partial charge >= 0.3 is 5.69 Å². The van der Waals surface area contributed by atoms with Gasteiger partial charge in [-0.15, -0.1) is 0 Å². The zero-order chi connectivity index (χ0) is 10.7. The van der Waals surface area contributed by atoms with E-state index in [0.717, 1.165) is 0 Å². The maximum Gasteiger partial charge on any atom is 0.347 e. The van der Waals surface area contributed by atoms with Crippen LogP contribution in [0, 0.1) is 0 Å². The number of halogens is 1. The van der Waals surface area contributed by atoms with E-state index in [2.05, 4.69) is 19.9 Å². The first-order chi connectivity index (χ1) is 7.24. The zero-order valence-corrected chi connectivity index (χ0v) is 8.10. The summed E-state index contributed by atoms with van der Waals surface area (Å²) in [5, 5.41) is 0.0731. The Hall–Kier alpha value is -1.95. The molecular weight excluding hydrogens is 220 g/mol. The molecule has 2 heterocycles. The van der Waals surface area contributed by atoms with E-state index in [-0.39, 0.29) is 17.0 Å². The van der Waals surface area contributed by atoms with Gasteiger partial charge in [0.2, 0.25) is 17.0 Å². The number of nitrogens with zero attached hydrogens (tertiary/aromatic N) is 3. The molecule has 0 spiro atoms. The van der Waals surface area contributed by atoms with Gasteiger partial charge in [0.1, 0.15) is 0 Å². The molecule has 7 heteroatoms. The number of aromatic nitrogens is 4. The molecule has 0 aliphatic heterocycles. The van der Waals surface area contributed by atoms with Crippen molar-refractivity contribution in [1.29, 1.82) is 0 Å². The molecule has 0 fully saturated rings. The van der Waals surface area contributed by atoms with Crippen molar-refractivity contribution in [3.8, 4) is 11.8 Å². The molecule has 0 radical (unpaired) electrons. The van der Waals surface area contributed by atoms with E-state index in [4.69, 9.17) is 16.3 Å². The Morgan fingerprint density at radius 3 is 2.80 bits per heavy atom. The molecule has 1 N–H and O–H groups in total. The number of hydrogen-bond acceptors (Lipinski definition) is 5. The van der Waals surface area contributed by atoms with Crippen LogP contribution in [-0.2, 0) is 0 Å². The normalized spacial score (nSPS) is 9.93. The second-order valence-electron chi connectivity index (χ2n) is 2.51. The van der Waals surface area contributed by atoms with E-state index in [1.165, 1.54) is 24.5 Å². The van der Waals surface area contributed by atoms with Crippen LogP contribution in [0.25, 0.3) is 0 Å². The molecule has 76 valence electrons. The second kappa shape index (κ2) is 4.05. The number of H-pyrrole nitrogens is 1. The van der Waals surface area contributed by atoms with Gasteiger partial charge in [0.15, 0.2) is 0 Å². The lowest BCUT2D eigenvalue weighted by atomic mass is 10.6. The summed E-state index contributed by atoms with van der Waals surface area (Å²) in [5.41, 5.74) is -0.493. The Morgan fingerprint density at radius 2 is 2.07 bits per heavy atom. The van der Waals surface area contributed by atoms with Crippen LogP contribution >= 0.6 is 11.6 Å². The number of nitrogens with one attached hydrogen (secondary N) is 1. The van der Waals surface area contributed by atoms with Gasteiger partial charge in [0.25, 0.3) is 0 Å². The lowest BCUT2D eigenvalue weighted by Crippen LogP contribution is -2.09. The van der Waals surface area contributed by atoms with Gasteiger partial charge in [-0.05, 0) is 11.6 Å². The summed E-state index contributed by atoms with van der Waals surface area (Å²) in [5.74, 6) is 0.488. The highest BCUT2D eigenvalue weighted by molar-refractivity contribution is 6.28. The maximum absolute atomic E-state index is 10.8. The molecule has 2 aromatic rings. The lowest BCUT2D eigenvalue weighted by Gasteiger charge is -2.02. The maximum atomic E-state index is 10.8. The van der Waals surface area contributed by atoms with Crippen LogP contribution < -0.4 is 10.4 Å². The standard InChI is InChI=1S/C8H5ClN4O2/c9-7-10-3-1-5(12-7)15-6-2-4-11-8(14)13-6/h1-4H,(H,11,13,14). The molecule has 0 aromatic carbocycles. The van der Waals surface area contributed by atoms with Crippen molar-refractivity contribution < 1.29 is 4.74 Å². The monoisotopic (exact) mass is 224 g/mol. The Balaban J connectivity index is 2.26. The minimum Gasteiger partial charge on any atom is -0.422 e. The van der Waals surface area contributed by atoms with Crippen molar-refractivity contribution in [1.82, 2.24) is 19.9 Å². The third-order valence-corrected chi connectivity index (χ3v) is 1.65. The van der Waals surface area contributed by atoms with E-state index in [1.54, 1.807) is 0 Å². The molecule has 0 atom stereocenters. The molecule has 0 aliphatic carbocycles. The molecule has 0 aliphatic rings. The highest BCUT2D eigenvalue weighted by atomic mass is 35.5. The fraction of sp³-hybridized carbons (Fsp3) is 0. The summed E-state index contributed by atoms with van der Waals surface area (Å²) < 4.78 is 5.21. The predicted molar refractivity (Wildman–Crippen MR) is 52.0 cm³/mol. The van der Waals surface area contributed by atoms with Crippen molar-refractivity contribution in [3.63, 3.8) is 0 Å². The fourth-order valence-electron chi connectivity index (χ4n) is 0.901. The highest BCUT2D eigenvalue weighted by Gasteiger charge is 2.00. The Morgan fingerprint density at radius 1 is 1.27 bits per heavy atom. The predicted octanol–water partition coefficient (Wildman–Crippen LogP) is 1.01. The zero-order valence-electron chi connectivity index (χ0n) is 7.35. The van der Waals surface area contributed by atoms with E-state index in [9.17, 15) is 4.79 Å². The molecule has 0 saturated heterocycles. The van der Waals surface area contributed by atoms with Crippen molar-refractivity contribution in [3.05, 3.63) is 40.3 Å². The molecule has 0 bridgehead atoms. The first kappa shape index (κ1) is 9.60. The van der Waals surface area contributed by atoms with Crippen LogP contribution in [0.1, 0.15) is 0 Å². The van der Waals surface area contributed by atoms with Crippen molar-refractivity contribution >= 4 is 11.6 Å². The summed E-state index contributed by atoms with van der Waals surface area (Å²) in [6, 6.07) is 3.02. The van der Waals surface area contributed by atoms with E-state index in [0.29, 0.717) is 0 Å². The Bertz CT molecular complexity index is 528.